The zero-order valence-electron chi connectivity index (χ0n) is 17.5. The van der Waals surface area contributed by atoms with Crippen molar-refractivity contribution >= 4 is 17.6 Å². The van der Waals surface area contributed by atoms with Crippen LogP contribution < -0.4 is 16.0 Å². The molecule has 1 amide bonds. The Labute approximate surface area is 185 Å². The van der Waals surface area contributed by atoms with Crippen molar-refractivity contribution in [3.63, 3.8) is 0 Å². The average Bonchev–Trinajstić information content (AvgIpc) is 3.53. The van der Waals surface area contributed by atoms with Crippen LogP contribution in [0, 0.1) is 0 Å². The molecule has 2 aromatic heterocycles. The third-order valence-corrected chi connectivity index (χ3v) is 4.65. The number of aromatic nitrogens is 1. The second-order valence-corrected chi connectivity index (χ2v) is 6.92. The molecular weight excluding hydrogens is 406 g/mol. The molecule has 162 valence electrons. The van der Waals surface area contributed by atoms with Crippen LogP contribution in [0.1, 0.15) is 21.8 Å². The standard InChI is InChI=1S/C24H23N5O3/c1-25-24(27-15-20-16-32-23(29-20)18-6-3-2-4-7-18)26-14-17-9-11-19(12-10-17)28-22(30)21-8-5-13-31-21/h2-13,16H,14-15H2,1H3,(H,28,30)(H2,25,26,27). The number of amides is 1. The van der Waals surface area contributed by atoms with E-state index < -0.39 is 0 Å². The Morgan fingerprint density at radius 2 is 1.72 bits per heavy atom. The smallest absolute Gasteiger partial charge is 0.291 e. The molecular formula is C24H23N5O3. The lowest BCUT2D eigenvalue weighted by molar-refractivity contribution is 0.0996. The van der Waals surface area contributed by atoms with Gasteiger partial charge in [0, 0.05) is 24.8 Å². The Morgan fingerprint density at radius 1 is 0.938 bits per heavy atom. The summed E-state index contributed by atoms with van der Waals surface area (Å²) >= 11 is 0. The Kier molecular flexibility index (Phi) is 6.62. The first-order valence-corrected chi connectivity index (χ1v) is 10.1. The van der Waals surface area contributed by atoms with Crippen molar-refractivity contribution in [1.29, 1.82) is 0 Å². The second kappa shape index (κ2) is 10.1. The van der Waals surface area contributed by atoms with E-state index in [0.29, 0.717) is 30.6 Å². The van der Waals surface area contributed by atoms with Crippen LogP contribution in [0.5, 0.6) is 0 Å². The third kappa shape index (κ3) is 5.42. The first kappa shape index (κ1) is 20.9. The number of carbonyl (C=O) groups excluding carboxylic acids is 1. The van der Waals surface area contributed by atoms with Crippen LogP contribution in [0.15, 0.2) is 93.1 Å². The number of carbonyl (C=O) groups is 1. The van der Waals surface area contributed by atoms with Crippen molar-refractivity contribution in [2.75, 3.05) is 12.4 Å². The predicted molar refractivity (Wildman–Crippen MR) is 122 cm³/mol. The number of aliphatic imine (C=N–C) groups is 1. The Hall–Kier alpha value is -4.33. The summed E-state index contributed by atoms with van der Waals surface area (Å²) in [6.45, 7) is 1.05. The van der Waals surface area contributed by atoms with Gasteiger partial charge in [0.2, 0.25) is 5.89 Å². The molecule has 0 radical (unpaired) electrons. The van der Waals surface area contributed by atoms with Gasteiger partial charge in [-0.2, -0.15) is 0 Å². The molecule has 0 aliphatic rings. The molecule has 3 N–H and O–H groups in total. The van der Waals surface area contributed by atoms with Crippen LogP contribution in [-0.4, -0.2) is 23.9 Å². The fourth-order valence-electron chi connectivity index (χ4n) is 2.99. The Bertz CT molecular complexity index is 1170. The topological polar surface area (TPSA) is 105 Å². The van der Waals surface area contributed by atoms with Crippen molar-refractivity contribution in [2.24, 2.45) is 4.99 Å². The van der Waals surface area contributed by atoms with Gasteiger partial charge in [-0.25, -0.2) is 4.98 Å². The SMILES string of the molecule is CN=C(NCc1ccc(NC(=O)c2ccco2)cc1)NCc1coc(-c2ccccc2)n1. The molecule has 0 atom stereocenters. The normalized spacial score (nSPS) is 11.2. The molecule has 4 rings (SSSR count). The summed E-state index contributed by atoms with van der Waals surface area (Å²) in [5.74, 6) is 1.22. The van der Waals surface area contributed by atoms with E-state index >= 15 is 0 Å². The van der Waals surface area contributed by atoms with E-state index in [0.717, 1.165) is 16.8 Å². The lowest BCUT2D eigenvalue weighted by atomic mass is 10.2. The maximum atomic E-state index is 12.0. The van der Waals surface area contributed by atoms with Gasteiger partial charge in [0.25, 0.3) is 5.91 Å². The minimum absolute atomic E-state index is 0.272. The maximum Gasteiger partial charge on any atom is 0.291 e. The third-order valence-electron chi connectivity index (χ3n) is 4.65. The highest BCUT2D eigenvalue weighted by molar-refractivity contribution is 6.02. The van der Waals surface area contributed by atoms with E-state index in [4.69, 9.17) is 8.83 Å². The van der Waals surface area contributed by atoms with Gasteiger partial charge in [0.15, 0.2) is 11.7 Å². The number of benzene rings is 2. The number of guanidine groups is 1. The monoisotopic (exact) mass is 429 g/mol. The van der Waals surface area contributed by atoms with Crippen LogP contribution >= 0.6 is 0 Å². The average molecular weight is 429 g/mol. The van der Waals surface area contributed by atoms with Crippen LogP contribution in [0.2, 0.25) is 0 Å². The number of nitrogens with zero attached hydrogens (tertiary/aromatic N) is 2. The molecule has 0 saturated heterocycles. The molecule has 0 spiro atoms. The molecule has 0 bridgehead atoms. The molecule has 4 aromatic rings. The van der Waals surface area contributed by atoms with Gasteiger partial charge in [-0.1, -0.05) is 30.3 Å². The summed E-state index contributed by atoms with van der Waals surface area (Å²) in [6.07, 6.45) is 3.10. The quantitative estimate of drug-likeness (QED) is 0.302. The highest BCUT2D eigenvalue weighted by atomic mass is 16.3. The minimum Gasteiger partial charge on any atom is -0.459 e. The highest BCUT2D eigenvalue weighted by Gasteiger charge is 2.09. The van der Waals surface area contributed by atoms with Gasteiger partial charge in [0.1, 0.15) is 6.26 Å². The van der Waals surface area contributed by atoms with Crippen LogP contribution in [0.3, 0.4) is 0 Å². The highest BCUT2D eigenvalue weighted by Crippen LogP contribution is 2.17. The molecule has 2 aromatic carbocycles. The summed E-state index contributed by atoms with van der Waals surface area (Å²) in [5, 5.41) is 9.27. The fraction of sp³-hybridized carbons (Fsp3) is 0.125. The van der Waals surface area contributed by atoms with Crippen LogP contribution in [0.25, 0.3) is 11.5 Å². The summed E-state index contributed by atoms with van der Waals surface area (Å²) < 4.78 is 10.7. The summed E-state index contributed by atoms with van der Waals surface area (Å²) in [5.41, 5.74) is 3.45. The molecule has 0 unspecified atom stereocenters. The predicted octanol–water partition coefficient (Wildman–Crippen LogP) is 4.05. The molecule has 2 heterocycles. The van der Waals surface area contributed by atoms with Crippen molar-refractivity contribution in [1.82, 2.24) is 15.6 Å². The van der Waals surface area contributed by atoms with E-state index in [-0.39, 0.29) is 11.7 Å². The van der Waals surface area contributed by atoms with Gasteiger partial charge in [-0.3, -0.25) is 9.79 Å². The lowest BCUT2D eigenvalue weighted by Crippen LogP contribution is -2.36. The van der Waals surface area contributed by atoms with Gasteiger partial charge >= 0.3 is 0 Å². The Morgan fingerprint density at radius 3 is 2.44 bits per heavy atom. The van der Waals surface area contributed by atoms with Crippen LogP contribution in [-0.2, 0) is 13.1 Å². The van der Waals surface area contributed by atoms with Gasteiger partial charge in [-0.05, 0) is 42.0 Å². The van der Waals surface area contributed by atoms with Crippen molar-refractivity contribution in [3.05, 3.63) is 96.3 Å². The number of hydrogen-bond donors (Lipinski definition) is 3. The van der Waals surface area contributed by atoms with E-state index in [1.165, 1.54) is 6.26 Å². The molecule has 0 saturated carbocycles. The first-order chi connectivity index (χ1) is 15.7. The van der Waals surface area contributed by atoms with E-state index in [1.807, 2.05) is 54.6 Å². The van der Waals surface area contributed by atoms with Crippen LogP contribution in [0.4, 0.5) is 5.69 Å². The Balaban J connectivity index is 1.26. The summed E-state index contributed by atoms with van der Waals surface area (Å²) in [4.78, 5) is 20.8. The first-order valence-electron chi connectivity index (χ1n) is 10.1. The van der Waals surface area contributed by atoms with Crippen molar-refractivity contribution in [2.45, 2.75) is 13.1 Å². The zero-order valence-corrected chi connectivity index (χ0v) is 17.5. The largest absolute Gasteiger partial charge is 0.459 e. The number of oxazole rings is 1. The fourth-order valence-corrected chi connectivity index (χ4v) is 2.99. The van der Waals surface area contributed by atoms with Crippen molar-refractivity contribution < 1.29 is 13.6 Å². The molecule has 8 nitrogen and oxygen atoms in total. The van der Waals surface area contributed by atoms with E-state index in [2.05, 4.69) is 25.9 Å². The number of nitrogens with one attached hydrogen (secondary N) is 3. The molecule has 0 aliphatic carbocycles. The number of rotatable bonds is 7. The second-order valence-electron chi connectivity index (χ2n) is 6.92. The van der Waals surface area contributed by atoms with Crippen molar-refractivity contribution in [3.8, 4) is 11.5 Å². The van der Waals surface area contributed by atoms with E-state index in [1.54, 1.807) is 25.4 Å². The summed E-state index contributed by atoms with van der Waals surface area (Å²) in [7, 11) is 1.71. The zero-order chi connectivity index (χ0) is 22.2. The van der Waals surface area contributed by atoms with Gasteiger partial charge < -0.3 is 24.8 Å². The van der Waals surface area contributed by atoms with E-state index in [9.17, 15) is 4.79 Å². The minimum atomic E-state index is -0.284. The number of anilines is 1. The molecule has 0 fully saturated rings. The maximum absolute atomic E-state index is 12.0. The van der Waals surface area contributed by atoms with Gasteiger partial charge in [0.05, 0.1) is 18.5 Å². The number of hydrogen-bond acceptors (Lipinski definition) is 5. The number of furan rings is 1. The lowest BCUT2D eigenvalue weighted by Gasteiger charge is -2.11. The molecule has 0 aliphatic heterocycles. The molecule has 8 heteroatoms. The van der Waals surface area contributed by atoms with Gasteiger partial charge in [-0.15, -0.1) is 0 Å². The summed E-state index contributed by atoms with van der Waals surface area (Å²) in [6, 6.07) is 20.6. The molecule has 32 heavy (non-hydrogen) atoms.